The van der Waals surface area contributed by atoms with Gasteiger partial charge in [-0.2, -0.15) is 5.10 Å². The summed E-state index contributed by atoms with van der Waals surface area (Å²) in [5.41, 5.74) is 5.48. The Hall–Kier alpha value is -3.28. The average Bonchev–Trinajstić information content (AvgIpc) is 3.37. The summed E-state index contributed by atoms with van der Waals surface area (Å²) in [6, 6.07) is 23.9. The first kappa shape index (κ1) is 20.6. The Labute approximate surface area is 188 Å². The predicted octanol–water partition coefficient (Wildman–Crippen LogP) is 5.22. The molecule has 32 heavy (non-hydrogen) atoms. The van der Waals surface area contributed by atoms with Crippen LogP contribution in [-0.4, -0.2) is 53.2 Å². The smallest absolute Gasteiger partial charge is 0.136 e. The molecule has 1 aromatic heterocycles. The molecule has 3 aromatic carbocycles. The Morgan fingerprint density at radius 1 is 0.812 bits per heavy atom. The van der Waals surface area contributed by atoms with Crippen molar-refractivity contribution in [2.45, 2.75) is 6.04 Å². The molecular weight excluding hydrogens is 399 g/mol. The fourth-order valence-electron chi connectivity index (χ4n) is 4.53. The van der Waals surface area contributed by atoms with E-state index in [1.807, 2.05) is 60.9 Å². The number of nitrogens with zero attached hydrogens (tertiary/aromatic N) is 3. The molecular formula is C27H27FN4. The second kappa shape index (κ2) is 9.07. The van der Waals surface area contributed by atoms with E-state index in [4.69, 9.17) is 0 Å². The van der Waals surface area contributed by atoms with E-state index < -0.39 is 0 Å². The lowest BCUT2D eigenvalue weighted by atomic mass is 9.93. The van der Waals surface area contributed by atoms with E-state index in [0.717, 1.165) is 48.4 Å². The van der Waals surface area contributed by atoms with Gasteiger partial charge in [-0.1, -0.05) is 72.8 Å². The van der Waals surface area contributed by atoms with Crippen molar-refractivity contribution in [3.63, 3.8) is 0 Å². The van der Waals surface area contributed by atoms with E-state index in [0.29, 0.717) is 11.1 Å². The zero-order valence-electron chi connectivity index (χ0n) is 18.2. The van der Waals surface area contributed by atoms with Crippen molar-refractivity contribution in [3.05, 3.63) is 102 Å². The van der Waals surface area contributed by atoms with E-state index in [2.05, 4.69) is 51.3 Å². The Morgan fingerprint density at radius 2 is 1.50 bits per heavy atom. The topological polar surface area (TPSA) is 35.2 Å². The Bertz CT molecular complexity index is 1150. The highest BCUT2D eigenvalue weighted by Crippen LogP contribution is 2.35. The number of aromatic amines is 1. The van der Waals surface area contributed by atoms with Crippen molar-refractivity contribution in [3.8, 4) is 22.3 Å². The molecule has 5 heteroatoms. The van der Waals surface area contributed by atoms with E-state index in [9.17, 15) is 0 Å². The third kappa shape index (κ3) is 4.09. The second-order valence-corrected chi connectivity index (χ2v) is 8.43. The van der Waals surface area contributed by atoms with Crippen molar-refractivity contribution in [2.75, 3.05) is 33.2 Å². The van der Waals surface area contributed by atoms with Gasteiger partial charge in [0.15, 0.2) is 0 Å². The quantitative estimate of drug-likeness (QED) is 0.475. The van der Waals surface area contributed by atoms with Crippen LogP contribution in [0.3, 0.4) is 0 Å². The molecule has 1 fully saturated rings. The number of aromatic nitrogens is 2. The molecule has 1 unspecified atom stereocenters. The Morgan fingerprint density at radius 3 is 2.19 bits per heavy atom. The number of rotatable bonds is 5. The molecule has 1 atom stereocenters. The van der Waals surface area contributed by atoms with Gasteiger partial charge >= 0.3 is 0 Å². The molecule has 1 aliphatic rings. The van der Waals surface area contributed by atoms with Gasteiger partial charge in [0.05, 0.1) is 12.2 Å². The number of hydrogen-bond donors (Lipinski definition) is 1. The summed E-state index contributed by atoms with van der Waals surface area (Å²) in [4.78, 5) is 4.66. The van der Waals surface area contributed by atoms with Gasteiger partial charge in [0, 0.05) is 49.1 Å². The molecule has 162 valence electrons. The summed E-state index contributed by atoms with van der Waals surface area (Å²) in [5.74, 6) is -0.162. The minimum absolute atomic E-state index is 0.161. The van der Waals surface area contributed by atoms with Gasteiger partial charge in [0.25, 0.3) is 0 Å². The summed E-state index contributed by atoms with van der Waals surface area (Å²) in [6.07, 6.45) is 3.69. The number of likely N-dealkylation sites (N-methyl/N-ethyl adjacent to an activating group) is 1. The van der Waals surface area contributed by atoms with Crippen molar-refractivity contribution < 1.29 is 4.39 Å². The lowest BCUT2D eigenvalue weighted by molar-refractivity contribution is 0.125. The van der Waals surface area contributed by atoms with Crippen molar-refractivity contribution in [1.29, 1.82) is 0 Å². The first-order chi connectivity index (χ1) is 15.7. The fourth-order valence-corrected chi connectivity index (χ4v) is 4.53. The zero-order chi connectivity index (χ0) is 21.9. The first-order valence-corrected chi connectivity index (χ1v) is 11.1. The second-order valence-electron chi connectivity index (χ2n) is 8.43. The fraction of sp³-hybridized carbons (Fsp3) is 0.222. The predicted molar refractivity (Wildman–Crippen MR) is 127 cm³/mol. The van der Waals surface area contributed by atoms with E-state index in [-0.39, 0.29) is 11.9 Å². The average molecular weight is 427 g/mol. The molecule has 0 bridgehead atoms. The van der Waals surface area contributed by atoms with Gasteiger partial charge in [0.2, 0.25) is 0 Å². The van der Waals surface area contributed by atoms with Crippen LogP contribution in [0.25, 0.3) is 22.3 Å². The van der Waals surface area contributed by atoms with E-state index in [1.54, 1.807) is 0 Å². The molecule has 5 rings (SSSR count). The van der Waals surface area contributed by atoms with Crippen LogP contribution in [0.4, 0.5) is 4.39 Å². The van der Waals surface area contributed by atoms with Crippen LogP contribution in [0.5, 0.6) is 0 Å². The maximum absolute atomic E-state index is 16.0. The maximum atomic E-state index is 16.0. The van der Waals surface area contributed by atoms with Crippen LogP contribution in [0.2, 0.25) is 0 Å². The molecule has 0 aliphatic carbocycles. The molecule has 2 heterocycles. The summed E-state index contributed by atoms with van der Waals surface area (Å²) in [6.45, 7) is 3.72. The standard InChI is InChI=1S/C27H27FN4/c1-31-14-16-32(17-15-31)27(23-18-29-30-19-23)25-9-5-8-24(26(25)28)22-12-10-21(11-13-22)20-6-3-2-4-7-20/h2-13,18-19,27H,14-17H2,1H3,(H,29,30). The van der Waals surface area contributed by atoms with Gasteiger partial charge < -0.3 is 4.90 Å². The van der Waals surface area contributed by atoms with Crippen LogP contribution in [0, 0.1) is 5.82 Å². The highest BCUT2D eigenvalue weighted by Gasteiger charge is 2.29. The number of benzene rings is 3. The van der Waals surface area contributed by atoms with E-state index in [1.165, 1.54) is 0 Å². The molecule has 1 N–H and O–H groups in total. The molecule has 1 saturated heterocycles. The molecule has 0 spiro atoms. The number of nitrogens with one attached hydrogen (secondary N) is 1. The van der Waals surface area contributed by atoms with Crippen LogP contribution >= 0.6 is 0 Å². The highest BCUT2D eigenvalue weighted by atomic mass is 19.1. The van der Waals surface area contributed by atoms with Crippen LogP contribution < -0.4 is 0 Å². The lowest BCUT2D eigenvalue weighted by Crippen LogP contribution is -2.46. The van der Waals surface area contributed by atoms with Gasteiger partial charge in [0.1, 0.15) is 5.82 Å². The Balaban J connectivity index is 1.51. The highest BCUT2D eigenvalue weighted by molar-refractivity contribution is 5.71. The minimum Gasteiger partial charge on any atom is -0.304 e. The van der Waals surface area contributed by atoms with Crippen molar-refractivity contribution in [2.24, 2.45) is 0 Å². The molecule has 4 aromatic rings. The third-order valence-corrected chi connectivity index (χ3v) is 6.36. The van der Waals surface area contributed by atoms with Gasteiger partial charge in [-0.15, -0.1) is 0 Å². The van der Waals surface area contributed by atoms with Crippen LogP contribution in [0.15, 0.2) is 85.2 Å². The van der Waals surface area contributed by atoms with Crippen molar-refractivity contribution in [1.82, 2.24) is 20.0 Å². The van der Waals surface area contributed by atoms with Gasteiger partial charge in [-0.05, 0) is 23.7 Å². The summed E-state index contributed by atoms with van der Waals surface area (Å²) >= 11 is 0. The number of halogens is 1. The molecule has 0 radical (unpaired) electrons. The monoisotopic (exact) mass is 426 g/mol. The number of piperazine rings is 1. The van der Waals surface area contributed by atoms with Gasteiger partial charge in [-0.25, -0.2) is 4.39 Å². The van der Waals surface area contributed by atoms with Crippen LogP contribution in [0.1, 0.15) is 17.2 Å². The Kier molecular flexibility index (Phi) is 5.84. The summed E-state index contributed by atoms with van der Waals surface area (Å²) in [5, 5.41) is 7.05. The summed E-state index contributed by atoms with van der Waals surface area (Å²) < 4.78 is 16.0. The lowest BCUT2D eigenvalue weighted by Gasteiger charge is -2.38. The minimum atomic E-state index is -0.162. The van der Waals surface area contributed by atoms with Crippen molar-refractivity contribution >= 4 is 0 Å². The number of hydrogen-bond acceptors (Lipinski definition) is 3. The number of H-pyrrole nitrogens is 1. The normalized spacial score (nSPS) is 16.2. The largest absolute Gasteiger partial charge is 0.304 e. The maximum Gasteiger partial charge on any atom is 0.136 e. The zero-order valence-corrected chi connectivity index (χ0v) is 18.2. The third-order valence-electron chi connectivity index (χ3n) is 6.36. The molecule has 4 nitrogen and oxygen atoms in total. The molecule has 0 amide bonds. The van der Waals surface area contributed by atoms with E-state index >= 15 is 4.39 Å². The first-order valence-electron chi connectivity index (χ1n) is 11.1. The van der Waals surface area contributed by atoms with Gasteiger partial charge in [-0.3, -0.25) is 10.00 Å². The van der Waals surface area contributed by atoms with Crippen LogP contribution in [-0.2, 0) is 0 Å². The summed E-state index contributed by atoms with van der Waals surface area (Å²) in [7, 11) is 2.13. The molecule has 1 aliphatic heterocycles. The SMILES string of the molecule is CN1CCN(C(c2cn[nH]c2)c2cccc(-c3ccc(-c4ccccc4)cc3)c2F)CC1. The molecule has 0 saturated carbocycles.